The Balaban J connectivity index is 2.35. The van der Waals surface area contributed by atoms with Crippen LogP contribution < -0.4 is 4.74 Å². The van der Waals surface area contributed by atoms with E-state index in [2.05, 4.69) is 20.1 Å². The molecule has 0 spiro atoms. The number of hydrogen-bond donors (Lipinski definition) is 2. The van der Waals surface area contributed by atoms with Gasteiger partial charge in [-0.15, -0.1) is 18.3 Å². The Morgan fingerprint density at radius 1 is 1.36 bits per heavy atom. The van der Waals surface area contributed by atoms with Gasteiger partial charge in [-0.05, 0) is 19.1 Å². The number of nitrogens with zero attached hydrogens (tertiary/aromatic N) is 2. The van der Waals surface area contributed by atoms with E-state index < -0.39 is 23.8 Å². The van der Waals surface area contributed by atoms with E-state index >= 15 is 0 Å². The van der Waals surface area contributed by atoms with E-state index in [-0.39, 0.29) is 23.6 Å². The molecule has 0 aliphatic carbocycles. The standard InChI is InChI=1S/C12H10F3N3O4/c1-2-21-11(20)10-9(16-18-17-10)7-4-3-6(5-8(7)19)22-12(13,14)15/h3-5,19H,2H2,1H3,(H,16,17,18). The number of halogens is 3. The molecule has 0 bridgehead atoms. The molecule has 0 fully saturated rings. The molecule has 2 rings (SSSR count). The average molecular weight is 317 g/mol. The van der Waals surface area contributed by atoms with Crippen molar-refractivity contribution < 1.29 is 32.5 Å². The average Bonchev–Trinajstić information content (AvgIpc) is 2.86. The van der Waals surface area contributed by atoms with Crippen LogP contribution in [-0.4, -0.2) is 39.5 Å². The largest absolute Gasteiger partial charge is 0.573 e. The maximum absolute atomic E-state index is 12.1. The topological polar surface area (TPSA) is 97.3 Å². The smallest absolute Gasteiger partial charge is 0.507 e. The number of benzene rings is 1. The molecular formula is C12H10F3N3O4. The predicted molar refractivity (Wildman–Crippen MR) is 66.1 cm³/mol. The minimum Gasteiger partial charge on any atom is -0.507 e. The van der Waals surface area contributed by atoms with Gasteiger partial charge in [0, 0.05) is 11.6 Å². The number of ether oxygens (including phenoxy) is 2. The molecule has 22 heavy (non-hydrogen) atoms. The molecule has 1 aromatic carbocycles. The Morgan fingerprint density at radius 2 is 2.09 bits per heavy atom. The Labute approximate surface area is 121 Å². The molecule has 1 heterocycles. The van der Waals surface area contributed by atoms with Crippen LogP contribution in [0.1, 0.15) is 17.4 Å². The van der Waals surface area contributed by atoms with Crippen molar-refractivity contribution in [1.29, 1.82) is 0 Å². The molecule has 2 N–H and O–H groups in total. The number of nitrogens with one attached hydrogen (secondary N) is 1. The lowest BCUT2D eigenvalue weighted by atomic mass is 10.1. The summed E-state index contributed by atoms with van der Waals surface area (Å²) in [6.07, 6.45) is -4.88. The fraction of sp³-hybridized carbons (Fsp3) is 0.250. The summed E-state index contributed by atoms with van der Waals surface area (Å²) in [5, 5.41) is 19.3. The maximum atomic E-state index is 12.1. The van der Waals surface area contributed by atoms with E-state index in [9.17, 15) is 23.1 Å². The van der Waals surface area contributed by atoms with Gasteiger partial charge in [-0.1, -0.05) is 0 Å². The van der Waals surface area contributed by atoms with Gasteiger partial charge in [0.2, 0.25) is 0 Å². The minimum absolute atomic E-state index is 0.00586. The zero-order valence-corrected chi connectivity index (χ0v) is 11.1. The van der Waals surface area contributed by atoms with Gasteiger partial charge in [0.1, 0.15) is 17.2 Å². The van der Waals surface area contributed by atoms with Crippen molar-refractivity contribution >= 4 is 5.97 Å². The van der Waals surface area contributed by atoms with Crippen LogP contribution >= 0.6 is 0 Å². The molecule has 10 heteroatoms. The van der Waals surface area contributed by atoms with Gasteiger partial charge in [-0.3, -0.25) is 0 Å². The summed E-state index contributed by atoms with van der Waals surface area (Å²) >= 11 is 0. The van der Waals surface area contributed by atoms with Crippen molar-refractivity contribution in [2.75, 3.05) is 6.61 Å². The lowest BCUT2D eigenvalue weighted by molar-refractivity contribution is -0.274. The molecule has 0 saturated carbocycles. The highest BCUT2D eigenvalue weighted by Crippen LogP contribution is 2.34. The fourth-order valence-electron chi connectivity index (χ4n) is 1.67. The number of esters is 1. The Bertz CT molecular complexity index is 684. The number of rotatable bonds is 4. The first-order chi connectivity index (χ1) is 10.3. The summed E-state index contributed by atoms with van der Waals surface area (Å²) in [4.78, 5) is 11.7. The van der Waals surface area contributed by atoms with Crippen LogP contribution in [0.25, 0.3) is 11.3 Å². The second kappa shape index (κ2) is 5.92. The van der Waals surface area contributed by atoms with E-state index in [0.717, 1.165) is 18.2 Å². The van der Waals surface area contributed by atoms with Crippen molar-refractivity contribution in [3.8, 4) is 22.8 Å². The molecule has 0 atom stereocenters. The summed E-state index contributed by atoms with van der Waals surface area (Å²) in [7, 11) is 0. The number of phenols is 1. The van der Waals surface area contributed by atoms with Crippen molar-refractivity contribution in [2.24, 2.45) is 0 Å². The first-order valence-corrected chi connectivity index (χ1v) is 5.99. The lowest BCUT2D eigenvalue weighted by Crippen LogP contribution is -2.17. The number of H-pyrrole nitrogens is 1. The highest BCUT2D eigenvalue weighted by molar-refractivity contribution is 5.94. The third kappa shape index (κ3) is 3.45. The number of carbonyl (C=O) groups is 1. The Morgan fingerprint density at radius 3 is 2.68 bits per heavy atom. The van der Waals surface area contributed by atoms with E-state index in [1.165, 1.54) is 0 Å². The van der Waals surface area contributed by atoms with E-state index in [1.807, 2.05) is 0 Å². The Kier molecular flexibility index (Phi) is 4.20. The quantitative estimate of drug-likeness (QED) is 0.839. The molecular weight excluding hydrogens is 307 g/mol. The predicted octanol–water partition coefficient (Wildman–Crippen LogP) is 2.25. The van der Waals surface area contributed by atoms with Crippen LogP contribution in [0.15, 0.2) is 18.2 Å². The molecule has 0 aliphatic rings. The third-order valence-corrected chi connectivity index (χ3v) is 2.47. The number of carbonyl (C=O) groups excluding carboxylic acids is 1. The van der Waals surface area contributed by atoms with Crippen molar-refractivity contribution in [2.45, 2.75) is 13.3 Å². The molecule has 0 saturated heterocycles. The van der Waals surface area contributed by atoms with Gasteiger partial charge < -0.3 is 14.6 Å². The number of alkyl halides is 3. The van der Waals surface area contributed by atoms with Crippen LogP contribution in [0.3, 0.4) is 0 Å². The first-order valence-electron chi connectivity index (χ1n) is 5.99. The maximum Gasteiger partial charge on any atom is 0.573 e. The summed E-state index contributed by atoms with van der Waals surface area (Å²) < 4.78 is 44.8. The SMILES string of the molecule is CCOC(=O)c1n[nH]nc1-c1ccc(OC(F)(F)F)cc1O. The van der Waals surface area contributed by atoms with Crippen LogP contribution in [0, 0.1) is 0 Å². The first kappa shape index (κ1) is 15.6. The van der Waals surface area contributed by atoms with Crippen molar-refractivity contribution in [1.82, 2.24) is 15.4 Å². The van der Waals surface area contributed by atoms with Gasteiger partial charge in [-0.25, -0.2) is 4.79 Å². The lowest BCUT2D eigenvalue weighted by Gasteiger charge is -2.10. The normalized spacial score (nSPS) is 11.3. The summed E-state index contributed by atoms with van der Waals surface area (Å²) in [6, 6.07) is 2.86. The zero-order valence-electron chi connectivity index (χ0n) is 11.1. The van der Waals surface area contributed by atoms with Crippen molar-refractivity contribution in [3.63, 3.8) is 0 Å². The van der Waals surface area contributed by atoms with Gasteiger partial charge >= 0.3 is 12.3 Å². The van der Waals surface area contributed by atoms with E-state index in [0.29, 0.717) is 0 Å². The number of aromatic amines is 1. The number of hydrogen-bond acceptors (Lipinski definition) is 6. The number of aromatic nitrogens is 3. The number of aromatic hydroxyl groups is 1. The van der Waals surface area contributed by atoms with Gasteiger partial charge in [0.05, 0.1) is 6.61 Å². The second-order valence-corrected chi connectivity index (χ2v) is 3.97. The monoisotopic (exact) mass is 317 g/mol. The molecule has 0 radical (unpaired) electrons. The van der Waals surface area contributed by atoms with Gasteiger partial charge in [0.25, 0.3) is 0 Å². The molecule has 0 aliphatic heterocycles. The van der Waals surface area contributed by atoms with Crippen LogP contribution in [0.2, 0.25) is 0 Å². The summed E-state index contributed by atoms with van der Waals surface area (Å²) in [5.74, 6) is -1.93. The molecule has 1 aromatic heterocycles. The molecule has 0 amide bonds. The summed E-state index contributed by atoms with van der Waals surface area (Å²) in [6.45, 7) is 1.70. The molecule has 118 valence electrons. The second-order valence-electron chi connectivity index (χ2n) is 3.97. The zero-order chi connectivity index (χ0) is 16.3. The number of phenolic OH excluding ortho intramolecular Hbond substituents is 1. The van der Waals surface area contributed by atoms with Gasteiger partial charge in [0.15, 0.2) is 5.69 Å². The van der Waals surface area contributed by atoms with Crippen LogP contribution in [-0.2, 0) is 4.74 Å². The highest BCUT2D eigenvalue weighted by Gasteiger charge is 2.31. The van der Waals surface area contributed by atoms with E-state index in [1.54, 1.807) is 6.92 Å². The van der Waals surface area contributed by atoms with Gasteiger partial charge in [-0.2, -0.15) is 10.3 Å². The van der Waals surface area contributed by atoms with Crippen molar-refractivity contribution in [3.05, 3.63) is 23.9 Å². The van der Waals surface area contributed by atoms with Crippen LogP contribution in [0.5, 0.6) is 11.5 Å². The highest BCUT2D eigenvalue weighted by atomic mass is 19.4. The molecule has 2 aromatic rings. The fourth-order valence-corrected chi connectivity index (χ4v) is 1.67. The third-order valence-electron chi connectivity index (χ3n) is 2.47. The molecule has 0 unspecified atom stereocenters. The Hall–Kier alpha value is -2.78. The van der Waals surface area contributed by atoms with E-state index in [4.69, 9.17) is 4.74 Å². The molecule has 7 nitrogen and oxygen atoms in total. The summed E-state index contributed by atoms with van der Waals surface area (Å²) in [5.41, 5.74) is -0.234. The van der Waals surface area contributed by atoms with Crippen LogP contribution in [0.4, 0.5) is 13.2 Å². The minimum atomic E-state index is -4.88.